The predicted octanol–water partition coefficient (Wildman–Crippen LogP) is 10.3. The second-order valence-electron chi connectivity index (χ2n) is 10.4. The molecular weight excluding hydrogens is 424 g/mol. The van der Waals surface area contributed by atoms with Crippen LogP contribution in [0, 0.1) is 27.7 Å². The molecule has 0 radical (unpaired) electrons. The zero-order chi connectivity index (χ0) is 25.8. The van der Waals surface area contributed by atoms with Gasteiger partial charge in [0.2, 0.25) is 5.70 Å². The van der Waals surface area contributed by atoms with Crippen molar-refractivity contribution in [3.8, 4) is 0 Å². The van der Waals surface area contributed by atoms with Crippen LogP contribution in [0.3, 0.4) is 0 Å². The van der Waals surface area contributed by atoms with E-state index in [0.29, 0.717) is 0 Å². The number of hydrogen-bond acceptors (Lipinski definition) is 1. The van der Waals surface area contributed by atoms with Gasteiger partial charge in [-0.3, -0.25) is 0 Å². The van der Waals surface area contributed by atoms with E-state index in [1.54, 1.807) is 0 Å². The van der Waals surface area contributed by atoms with E-state index in [2.05, 4.69) is 90.4 Å². The molecule has 192 valence electrons. The maximum atomic E-state index is 5.06. The molecule has 0 aliphatic carbocycles. The third-order valence-electron chi connectivity index (χ3n) is 7.47. The normalized spacial score (nSPS) is 12.5. The lowest BCUT2D eigenvalue weighted by Gasteiger charge is -2.11. The molecule has 0 N–H and O–H groups in total. The zero-order valence-corrected chi connectivity index (χ0v) is 24.1. The summed E-state index contributed by atoms with van der Waals surface area (Å²) in [5.74, 6) is 0. The Kier molecular flexibility index (Phi) is 12.4. The molecule has 0 unspecified atom stereocenters. The topological polar surface area (TPSA) is 15.4 Å². The number of azo groups is 2. The first-order valence-corrected chi connectivity index (χ1v) is 14.2. The van der Waals surface area contributed by atoms with Crippen molar-refractivity contribution >= 4 is 11.8 Å². The number of rotatable bonds is 14. The number of nitrogens with zero attached hydrogens (tertiary/aromatic N) is 2. The SMILES string of the molecule is CCCCCCCCc1cc(C=C(C)[N+](CC)=Nc2cc(C)c(C)c(CCCC)c2)cc(C)c1C. The molecule has 0 atom stereocenters. The Labute approximate surface area is 216 Å². The lowest BCUT2D eigenvalue weighted by atomic mass is 9.95. The van der Waals surface area contributed by atoms with Crippen LogP contribution in [0.15, 0.2) is 35.1 Å². The standard InChI is InChI=1S/C33H51N2/c1-9-12-14-15-16-17-19-31-23-30(20-25(4)28(31)7)22-27(6)35(11-3)34-33-21-26(5)29(8)32(24-33)18-13-10-2/h20-24H,9-19H2,1-8H3/q+1. The second kappa shape index (κ2) is 15.0. The molecule has 0 bridgehead atoms. The van der Waals surface area contributed by atoms with Gasteiger partial charge in [-0.2, -0.15) is 0 Å². The van der Waals surface area contributed by atoms with Crippen molar-refractivity contribution in [1.29, 1.82) is 0 Å². The van der Waals surface area contributed by atoms with Crippen LogP contribution in [0.1, 0.15) is 118 Å². The Hall–Kier alpha value is -2.22. The number of allylic oxidation sites excluding steroid dienone is 1. The predicted molar refractivity (Wildman–Crippen MR) is 154 cm³/mol. The summed E-state index contributed by atoms with van der Waals surface area (Å²) in [7, 11) is 0. The Morgan fingerprint density at radius 2 is 1.29 bits per heavy atom. The molecule has 0 saturated heterocycles. The maximum Gasteiger partial charge on any atom is 0.206 e. The maximum absolute atomic E-state index is 5.06. The molecule has 0 aliphatic heterocycles. The Morgan fingerprint density at radius 3 is 1.94 bits per heavy atom. The van der Waals surface area contributed by atoms with E-state index >= 15 is 0 Å². The van der Waals surface area contributed by atoms with Crippen molar-refractivity contribution < 1.29 is 4.70 Å². The van der Waals surface area contributed by atoms with Crippen molar-refractivity contribution in [3.63, 3.8) is 0 Å². The Bertz CT molecular complexity index is 1010. The van der Waals surface area contributed by atoms with Gasteiger partial charge in [-0.25, -0.2) is 0 Å². The van der Waals surface area contributed by atoms with Gasteiger partial charge in [0.25, 0.3) is 0 Å². The van der Waals surface area contributed by atoms with Crippen LogP contribution in [0.2, 0.25) is 0 Å². The van der Waals surface area contributed by atoms with E-state index in [0.717, 1.165) is 18.7 Å². The van der Waals surface area contributed by atoms with Crippen LogP contribution in [0.25, 0.3) is 6.08 Å². The summed E-state index contributed by atoms with van der Waals surface area (Å²) in [5.41, 5.74) is 12.1. The van der Waals surface area contributed by atoms with Gasteiger partial charge in [0.15, 0.2) is 6.54 Å². The first-order chi connectivity index (χ1) is 16.8. The van der Waals surface area contributed by atoms with Gasteiger partial charge < -0.3 is 0 Å². The van der Waals surface area contributed by atoms with Gasteiger partial charge >= 0.3 is 0 Å². The average Bonchev–Trinajstić information content (AvgIpc) is 2.83. The van der Waals surface area contributed by atoms with Crippen LogP contribution in [-0.2, 0) is 12.8 Å². The number of aryl methyl sites for hydroxylation is 4. The fraction of sp³-hybridized carbons (Fsp3) is 0.576. The third-order valence-corrected chi connectivity index (χ3v) is 7.47. The average molecular weight is 476 g/mol. The van der Waals surface area contributed by atoms with Crippen molar-refractivity contribution in [2.24, 2.45) is 5.11 Å². The highest BCUT2D eigenvalue weighted by Gasteiger charge is 2.12. The van der Waals surface area contributed by atoms with Gasteiger partial charge in [0.1, 0.15) is 5.69 Å². The fourth-order valence-electron chi connectivity index (χ4n) is 4.85. The molecule has 2 rings (SSSR count). The minimum Gasteiger partial charge on any atom is -0.0885 e. The summed E-state index contributed by atoms with van der Waals surface area (Å²) in [6.45, 7) is 18.8. The lowest BCUT2D eigenvalue weighted by molar-refractivity contribution is -0.537. The van der Waals surface area contributed by atoms with E-state index in [1.165, 1.54) is 102 Å². The van der Waals surface area contributed by atoms with Gasteiger partial charge in [0.05, 0.1) is 0 Å². The summed E-state index contributed by atoms with van der Waals surface area (Å²) in [5, 5.41) is 5.06. The van der Waals surface area contributed by atoms with E-state index in [9.17, 15) is 0 Å². The minimum absolute atomic E-state index is 0.856. The van der Waals surface area contributed by atoms with Crippen LogP contribution in [0.4, 0.5) is 5.69 Å². The summed E-state index contributed by atoms with van der Waals surface area (Å²) < 4.78 is 2.15. The summed E-state index contributed by atoms with van der Waals surface area (Å²) >= 11 is 0. The van der Waals surface area contributed by atoms with Crippen molar-refractivity contribution in [3.05, 3.63) is 68.9 Å². The molecule has 0 heterocycles. The van der Waals surface area contributed by atoms with Crippen LogP contribution < -0.4 is 0 Å². The molecule has 2 aromatic carbocycles. The second-order valence-corrected chi connectivity index (χ2v) is 10.4. The van der Waals surface area contributed by atoms with E-state index in [4.69, 9.17) is 5.11 Å². The number of benzene rings is 2. The summed E-state index contributed by atoms with van der Waals surface area (Å²) in [4.78, 5) is 0. The molecule has 0 aliphatic rings. The highest BCUT2D eigenvalue weighted by Crippen LogP contribution is 2.25. The summed E-state index contributed by atoms with van der Waals surface area (Å²) in [6.07, 6.45) is 15.2. The highest BCUT2D eigenvalue weighted by molar-refractivity contribution is 5.55. The van der Waals surface area contributed by atoms with E-state index in [-0.39, 0.29) is 0 Å². The molecular formula is C33H51N2+. The van der Waals surface area contributed by atoms with Crippen LogP contribution in [0.5, 0.6) is 0 Å². The van der Waals surface area contributed by atoms with Crippen molar-refractivity contribution in [1.82, 2.24) is 0 Å². The van der Waals surface area contributed by atoms with Gasteiger partial charge in [-0.05, 0) is 116 Å². The molecule has 2 aromatic rings. The molecule has 0 amide bonds. The minimum atomic E-state index is 0.856. The molecule has 0 saturated carbocycles. The smallest absolute Gasteiger partial charge is 0.0885 e. The monoisotopic (exact) mass is 475 g/mol. The van der Waals surface area contributed by atoms with Gasteiger partial charge in [-0.15, -0.1) is 0 Å². The molecule has 0 fully saturated rings. The fourth-order valence-corrected chi connectivity index (χ4v) is 4.85. The molecule has 2 heteroatoms. The first-order valence-electron chi connectivity index (χ1n) is 14.2. The highest BCUT2D eigenvalue weighted by atomic mass is 15.3. The van der Waals surface area contributed by atoms with Crippen molar-refractivity contribution in [2.45, 2.75) is 120 Å². The summed E-state index contributed by atoms with van der Waals surface area (Å²) in [6, 6.07) is 9.26. The molecule has 2 nitrogen and oxygen atoms in total. The van der Waals surface area contributed by atoms with Gasteiger partial charge in [-0.1, -0.05) is 69.2 Å². The van der Waals surface area contributed by atoms with Crippen LogP contribution >= 0.6 is 0 Å². The number of unbranched alkanes of at least 4 members (excludes halogenated alkanes) is 6. The zero-order valence-electron chi connectivity index (χ0n) is 24.1. The van der Waals surface area contributed by atoms with E-state index < -0.39 is 0 Å². The quantitative estimate of drug-likeness (QED) is 0.147. The van der Waals surface area contributed by atoms with E-state index in [1.807, 2.05) is 0 Å². The molecule has 0 spiro atoms. The van der Waals surface area contributed by atoms with Crippen molar-refractivity contribution in [2.75, 3.05) is 6.54 Å². The molecule has 0 aromatic heterocycles. The third kappa shape index (κ3) is 9.06. The number of hydrogen-bond donors (Lipinski definition) is 0. The molecule has 35 heavy (non-hydrogen) atoms. The largest absolute Gasteiger partial charge is 0.206 e. The van der Waals surface area contributed by atoms with Crippen LogP contribution in [-0.4, -0.2) is 11.2 Å². The first kappa shape index (κ1) is 29.0. The lowest BCUT2D eigenvalue weighted by Crippen LogP contribution is -2.06. The Morgan fingerprint density at radius 1 is 0.714 bits per heavy atom. The Balaban J connectivity index is 2.25. The van der Waals surface area contributed by atoms with Gasteiger partial charge in [0, 0.05) is 13.0 Å².